The number of hydrogen-bond acceptors (Lipinski definition) is 4. The van der Waals surface area contributed by atoms with E-state index in [2.05, 4.69) is 15.4 Å². The number of imidazole rings is 1. The van der Waals surface area contributed by atoms with E-state index < -0.39 is 0 Å². The van der Waals surface area contributed by atoms with Gasteiger partial charge in [0.05, 0.1) is 19.0 Å². The standard InChI is InChI=1S/C15H14N4O2.BrH/c1-10(20)17-11-5-6-12(14(8-11)21-2)13-9-19-15(18-13)4-3-7-16-19;/h3-9H,1-2H3,(H,17,20);1H. The van der Waals surface area contributed by atoms with Crippen molar-refractivity contribution in [2.45, 2.75) is 6.92 Å². The van der Waals surface area contributed by atoms with Crippen LogP contribution in [0.5, 0.6) is 5.75 Å². The lowest BCUT2D eigenvalue weighted by molar-refractivity contribution is -0.114. The van der Waals surface area contributed by atoms with E-state index in [-0.39, 0.29) is 22.9 Å². The third kappa shape index (κ3) is 3.09. The van der Waals surface area contributed by atoms with Gasteiger partial charge >= 0.3 is 0 Å². The number of hydrogen-bond donors (Lipinski definition) is 1. The highest BCUT2D eigenvalue weighted by atomic mass is 79.9. The zero-order chi connectivity index (χ0) is 14.8. The van der Waals surface area contributed by atoms with Crippen LogP contribution in [-0.2, 0) is 4.79 Å². The number of fused-ring (bicyclic) bond motifs is 1. The maximum absolute atomic E-state index is 11.1. The zero-order valence-electron chi connectivity index (χ0n) is 12.1. The average Bonchev–Trinajstić information content (AvgIpc) is 2.90. The summed E-state index contributed by atoms with van der Waals surface area (Å²) in [7, 11) is 1.59. The first-order chi connectivity index (χ1) is 10.2. The van der Waals surface area contributed by atoms with Gasteiger partial charge in [-0.05, 0) is 24.3 Å². The predicted molar refractivity (Wildman–Crippen MR) is 89.6 cm³/mol. The Hall–Kier alpha value is -2.41. The zero-order valence-corrected chi connectivity index (χ0v) is 13.8. The Kier molecular flexibility index (Phi) is 4.77. The van der Waals surface area contributed by atoms with Gasteiger partial charge in [-0.15, -0.1) is 17.0 Å². The van der Waals surface area contributed by atoms with E-state index in [9.17, 15) is 4.79 Å². The van der Waals surface area contributed by atoms with Gasteiger partial charge in [-0.2, -0.15) is 5.10 Å². The molecule has 1 aromatic carbocycles. The normalized spacial score (nSPS) is 10.1. The number of anilines is 1. The topological polar surface area (TPSA) is 68.5 Å². The second kappa shape index (κ2) is 6.57. The molecular weight excluding hydrogens is 348 g/mol. The maximum Gasteiger partial charge on any atom is 0.221 e. The molecule has 1 amide bonds. The van der Waals surface area contributed by atoms with Crippen LogP contribution in [0, 0.1) is 0 Å². The van der Waals surface area contributed by atoms with Gasteiger partial charge in [0.25, 0.3) is 0 Å². The van der Waals surface area contributed by atoms with Gasteiger partial charge in [-0.1, -0.05) is 0 Å². The molecule has 6 nitrogen and oxygen atoms in total. The lowest BCUT2D eigenvalue weighted by atomic mass is 10.1. The third-order valence-electron chi connectivity index (χ3n) is 3.03. The Labute approximate surface area is 137 Å². The van der Waals surface area contributed by atoms with Crippen LogP contribution in [0.1, 0.15) is 6.92 Å². The molecule has 0 atom stereocenters. The quantitative estimate of drug-likeness (QED) is 0.777. The SMILES string of the molecule is Br.COc1cc(NC(C)=O)ccc1-c1cn2ncccc2n1. The van der Waals surface area contributed by atoms with E-state index in [1.807, 2.05) is 30.5 Å². The molecule has 114 valence electrons. The summed E-state index contributed by atoms with van der Waals surface area (Å²) in [5.41, 5.74) is 3.06. The Bertz CT molecular complexity index is 783. The molecule has 3 rings (SSSR count). The highest BCUT2D eigenvalue weighted by Gasteiger charge is 2.11. The Morgan fingerprint density at radius 2 is 2.14 bits per heavy atom. The largest absolute Gasteiger partial charge is 0.496 e. The fourth-order valence-corrected chi connectivity index (χ4v) is 2.14. The number of benzene rings is 1. The van der Waals surface area contributed by atoms with Crippen LogP contribution in [-0.4, -0.2) is 27.6 Å². The number of halogens is 1. The van der Waals surface area contributed by atoms with Crippen LogP contribution in [0.15, 0.2) is 42.7 Å². The fraction of sp³-hybridized carbons (Fsp3) is 0.133. The lowest BCUT2D eigenvalue weighted by Gasteiger charge is -2.09. The van der Waals surface area contributed by atoms with Gasteiger partial charge in [0.1, 0.15) is 5.75 Å². The van der Waals surface area contributed by atoms with E-state index in [1.54, 1.807) is 23.9 Å². The first kappa shape index (κ1) is 16.0. The average molecular weight is 363 g/mol. The summed E-state index contributed by atoms with van der Waals surface area (Å²) in [4.78, 5) is 15.6. The van der Waals surface area contributed by atoms with E-state index in [4.69, 9.17) is 4.74 Å². The van der Waals surface area contributed by atoms with Gasteiger partial charge in [-0.3, -0.25) is 4.79 Å². The van der Waals surface area contributed by atoms with Crippen LogP contribution < -0.4 is 10.1 Å². The number of amides is 1. The minimum atomic E-state index is -0.123. The highest BCUT2D eigenvalue weighted by molar-refractivity contribution is 8.93. The Morgan fingerprint density at radius 3 is 2.82 bits per heavy atom. The van der Waals surface area contributed by atoms with Gasteiger partial charge in [-0.25, -0.2) is 9.50 Å². The number of carbonyl (C=O) groups excluding carboxylic acids is 1. The Morgan fingerprint density at radius 1 is 1.32 bits per heavy atom. The van der Waals surface area contributed by atoms with Crippen molar-refractivity contribution >= 4 is 34.2 Å². The molecule has 0 radical (unpaired) electrons. The second-order valence-electron chi connectivity index (χ2n) is 4.55. The van der Waals surface area contributed by atoms with Gasteiger partial charge in [0.2, 0.25) is 5.91 Å². The summed E-state index contributed by atoms with van der Waals surface area (Å²) in [5.74, 6) is 0.520. The summed E-state index contributed by atoms with van der Waals surface area (Å²) in [6, 6.07) is 9.18. The van der Waals surface area contributed by atoms with E-state index in [1.165, 1.54) is 6.92 Å². The number of rotatable bonds is 3. The van der Waals surface area contributed by atoms with Gasteiger partial charge < -0.3 is 10.1 Å². The van der Waals surface area contributed by atoms with Crippen LogP contribution in [0.25, 0.3) is 16.9 Å². The van der Waals surface area contributed by atoms with E-state index in [0.29, 0.717) is 11.4 Å². The summed E-state index contributed by atoms with van der Waals surface area (Å²) in [6.45, 7) is 1.47. The van der Waals surface area contributed by atoms with E-state index in [0.717, 1.165) is 16.9 Å². The third-order valence-corrected chi connectivity index (χ3v) is 3.03. The highest BCUT2D eigenvalue weighted by Crippen LogP contribution is 2.31. The molecule has 0 aliphatic rings. The molecule has 1 N–H and O–H groups in total. The van der Waals surface area contributed by atoms with Crippen LogP contribution >= 0.6 is 17.0 Å². The van der Waals surface area contributed by atoms with E-state index >= 15 is 0 Å². The molecule has 2 heterocycles. The second-order valence-corrected chi connectivity index (χ2v) is 4.55. The minimum absolute atomic E-state index is 0. The molecule has 22 heavy (non-hydrogen) atoms. The van der Waals surface area contributed by atoms with Gasteiger partial charge in [0.15, 0.2) is 5.65 Å². The molecule has 0 saturated carbocycles. The molecule has 0 aliphatic heterocycles. The molecule has 2 aromatic heterocycles. The molecule has 0 bridgehead atoms. The van der Waals surface area contributed by atoms with Crippen molar-refractivity contribution in [3.8, 4) is 17.0 Å². The number of nitrogens with zero attached hydrogens (tertiary/aromatic N) is 3. The number of ether oxygens (including phenoxy) is 1. The lowest BCUT2D eigenvalue weighted by Crippen LogP contribution is -2.05. The summed E-state index contributed by atoms with van der Waals surface area (Å²) in [5, 5.41) is 6.92. The minimum Gasteiger partial charge on any atom is -0.496 e. The number of aromatic nitrogens is 3. The molecule has 0 unspecified atom stereocenters. The van der Waals surface area contributed by atoms with Crippen molar-refractivity contribution in [1.29, 1.82) is 0 Å². The first-order valence-electron chi connectivity index (χ1n) is 6.44. The number of carbonyl (C=O) groups is 1. The fourth-order valence-electron chi connectivity index (χ4n) is 2.14. The maximum atomic E-state index is 11.1. The summed E-state index contributed by atoms with van der Waals surface area (Å²) < 4.78 is 7.10. The summed E-state index contributed by atoms with van der Waals surface area (Å²) in [6.07, 6.45) is 3.54. The van der Waals surface area contributed by atoms with Crippen molar-refractivity contribution in [2.75, 3.05) is 12.4 Å². The van der Waals surface area contributed by atoms with Crippen LogP contribution in [0.4, 0.5) is 5.69 Å². The first-order valence-corrected chi connectivity index (χ1v) is 6.44. The van der Waals surface area contributed by atoms with Crippen LogP contribution in [0.3, 0.4) is 0 Å². The smallest absolute Gasteiger partial charge is 0.221 e. The molecule has 3 aromatic rings. The number of nitrogens with one attached hydrogen (secondary N) is 1. The van der Waals surface area contributed by atoms with Crippen molar-refractivity contribution in [2.24, 2.45) is 0 Å². The Balaban J connectivity index is 0.00000176. The molecule has 0 aliphatic carbocycles. The molecule has 0 saturated heterocycles. The van der Waals surface area contributed by atoms with Crippen molar-refractivity contribution in [3.05, 3.63) is 42.7 Å². The van der Waals surface area contributed by atoms with Crippen LogP contribution in [0.2, 0.25) is 0 Å². The molecule has 7 heteroatoms. The van der Waals surface area contributed by atoms with Crippen molar-refractivity contribution < 1.29 is 9.53 Å². The monoisotopic (exact) mass is 362 g/mol. The number of methoxy groups -OCH3 is 1. The van der Waals surface area contributed by atoms with Gasteiger partial charge in [0, 0.05) is 30.4 Å². The van der Waals surface area contributed by atoms with Crippen molar-refractivity contribution in [3.63, 3.8) is 0 Å². The predicted octanol–water partition coefficient (Wildman–Crippen LogP) is 2.94. The van der Waals surface area contributed by atoms with Crippen molar-refractivity contribution in [1.82, 2.24) is 14.6 Å². The molecular formula is C15H15BrN4O2. The molecule has 0 spiro atoms. The molecule has 0 fully saturated rings. The summed E-state index contributed by atoms with van der Waals surface area (Å²) >= 11 is 0.